The summed E-state index contributed by atoms with van der Waals surface area (Å²) in [5.74, 6) is 0.177. The molecule has 4 aromatic rings. The quantitative estimate of drug-likeness (QED) is 0.526. The first-order chi connectivity index (χ1) is 14.1. The van der Waals surface area contributed by atoms with Crippen LogP contribution in [0.4, 0.5) is 11.4 Å². The fourth-order valence-corrected chi connectivity index (χ4v) is 2.70. The first-order valence-electron chi connectivity index (χ1n) is 8.85. The number of carbonyl (C=O) groups is 2. The van der Waals surface area contributed by atoms with Gasteiger partial charge in [-0.3, -0.25) is 19.0 Å². The third-order valence-corrected chi connectivity index (χ3v) is 4.11. The average molecular weight is 390 g/mol. The van der Waals surface area contributed by atoms with Crippen LogP contribution in [0.15, 0.2) is 71.5 Å². The van der Waals surface area contributed by atoms with Crippen LogP contribution in [0.2, 0.25) is 0 Å². The Morgan fingerprint density at radius 3 is 2.31 bits per heavy atom. The summed E-state index contributed by atoms with van der Waals surface area (Å²) in [7, 11) is 1.74. The lowest BCUT2D eigenvalue weighted by Crippen LogP contribution is -2.13. The van der Waals surface area contributed by atoms with Crippen LogP contribution < -0.4 is 10.6 Å². The van der Waals surface area contributed by atoms with Crippen molar-refractivity contribution >= 4 is 23.2 Å². The number of aryl methyl sites for hydroxylation is 1. The van der Waals surface area contributed by atoms with Crippen LogP contribution in [0.25, 0.3) is 0 Å². The molecule has 0 unspecified atom stereocenters. The van der Waals surface area contributed by atoms with E-state index in [0.29, 0.717) is 29.4 Å². The van der Waals surface area contributed by atoms with Crippen molar-refractivity contribution in [3.63, 3.8) is 0 Å². The summed E-state index contributed by atoms with van der Waals surface area (Å²) in [5, 5.41) is 13.7. The van der Waals surface area contributed by atoms with Crippen LogP contribution in [0.5, 0.6) is 0 Å². The van der Waals surface area contributed by atoms with Gasteiger partial charge in [0.1, 0.15) is 5.76 Å². The fourth-order valence-electron chi connectivity index (χ4n) is 2.70. The summed E-state index contributed by atoms with van der Waals surface area (Å²) in [6.45, 7) is 0.449. The van der Waals surface area contributed by atoms with Crippen molar-refractivity contribution in [1.82, 2.24) is 19.6 Å². The van der Waals surface area contributed by atoms with Crippen LogP contribution >= 0.6 is 0 Å². The van der Waals surface area contributed by atoms with Gasteiger partial charge >= 0.3 is 0 Å². The van der Waals surface area contributed by atoms with E-state index in [0.717, 1.165) is 0 Å². The molecule has 0 saturated heterocycles. The largest absolute Gasteiger partial charge is 0.454 e. The lowest BCUT2D eigenvalue weighted by atomic mass is 10.2. The SMILES string of the molecule is Cn1ccc(C(=O)Nc2ccc(NC(=O)c3ccc(Cn4cccn4)o3)cc2)n1. The molecule has 2 amide bonds. The molecule has 4 rings (SSSR count). The molecule has 0 fully saturated rings. The van der Waals surface area contributed by atoms with Gasteiger partial charge in [0.15, 0.2) is 11.5 Å². The Kier molecular flexibility index (Phi) is 4.93. The molecule has 0 aliphatic carbocycles. The molecule has 9 heteroatoms. The Bertz CT molecular complexity index is 1130. The van der Waals surface area contributed by atoms with E-state index in [-0.39, 0.29) is 17.6 Å². The number of furan rings is 1. The second-order valence-corrected chi connectivity index (χ2v) is 6.33. The number of aromatic nitrogens is 4. The van der Waals surface area contributed by atoms with Crippen molar-refractivity contribution in [1.29, 1.82) is 0 Å². The summed E-state index contributed by atoms with van der Waals surface area (Å²) < 4.78 is 8.84. The normalized spacial score (nSPS) is 10.7. The van der Waals surface area contributed by atoms with Gasteiger partial charge in [-0.2, -0.15) is 10.2 Å². The van der Waals surface area contributed by atoms with Crippen LogP contribution in [-0.2, 0) is 13.6 Å². The molecule has 146 valence electrons. The number of anilines is 2. The standard InChI is InChI=1S/C20H18N6O3/c1-25-12-9-17(24-25)19(27)22-14-3-5-15(6-4-14)23-20(28)18-8-7-16(29-18)13-26-11-2-10-21-26/h2-12H,13H2,1H3,(H,22,27)(H,23,28). The van der Waals surface area contributed by atoms with Crippen molar-refractivity contribution in [3.8, 4) is 0 Å². The number of nitrogens with zero attached hydrogens (tertiary/aromatic N) is 4. The van der Waals surface area contributed by atoms with Gasteiger partial charge in [0, 0.05) is 37.0 Å². The highest BCUT2D eigenvalue weighted by molar-refractivity contribution is 6.04. The summed E-state index contributed by atoms with van der Waals surface area (Å²) in [6, 6.07) is 13.6. The van der Waals surface area contributed by atoms with Crippen LogP contribution in [-0.4, -0.2) is 31.4 Å². The Balaban J connectivity index is 1.35. The molecule has 0 atom stereocenters. The lowest BCUT2D eigenvalue weighted by Gasteiger charge is -2.06. The van der Waals surface area contributed by atoms with Gasteiger partial charge < -0.3 is 15.1 Å². The van der Waals surface area contributed by atoms with E-state index in [1.54, 1.807) is 71.3 Å². The maximum atomic E-state index is 12.4. The van der Waals surface area contributed by atoms with Gasteiger partial charge in [-0.1, -0.05) is 0 Å². The molecular formula is C20H18N6O3. The molecule has 0 aliphatic heterocycles. The van der Waals surface area contributed by atoms with Gasteiger partial charge in [-0.25, -0.2) is 0 Å². The molecule has 9 nitrogen and oxygen atoms in total. The summed E-state index contributed by atoms with van der Waals surface area (Å²) in [5.41, 5.74) is 1.50. The fraction of sp³-hybridized carbons (Fsp3) is 0.100. The second-order valence-electron chi connectivity index (χ2n) is 6.33. The predicted octanol–water partition coefficient (Wildman–Crippen LogP) is 2.76. The van der Waals surface area contributed by atoms with E-state index in [4.69, 9.17) is 4.42 Å². The third-order valence-electron chi connectivity index (χ3n) is 4.11. The molecule has 0 spiro atoms. The van der Waals surface area contributed by atoms with E-state index >= 15 is 0 Å². The number of rotatable bonds is 6. The van der Waals surface area contributed by atoms with Gasteiger partial charge in [0.05, 0.1) is 6.54 Å². The maximum absolute atomic E-state index is 12.4. The summed E-state index contributed by atoms with van der Waals surface area (Å²) in [6.07, 6.45) is 5.19. The summed E-state index contributed by atoms with van der Waals surface area (Å²) >= 11 is 0. The van der Waals surface area contributed by atoms with Crippen LogP contribution in [0, 0.1) is 0 Å². The number of nitrogens with one attached hydrogen (secondary N) is 2. The Morgan fingerprint density at radius 1 is 0.966 bits per heavy atom. The first-order valence-corrected chi connectivity index (χ1v) is 8.85. The molecule has 0 bridgehead atoms. The number of hydrogen-bond acceptors (Lipinski definition) is 5. The van der Waals surface area contributed by atoms with Crippen molar-refractivity contribution in [2.45, 2.75) is 6.54 Å². The highest BCUT2D eigenvalue weighted by Gasteiger charge is 2.13. The Labute approximate surface area is 165 Å². The van der Waals surface area contributed by atoms with Crippen molar-refractivity contribution in [2.75, 3.05) is 10.6 Å². The second kappa shape index (κ2) is 7.85. The molecular weight excluding hydrogens is 372 g/mol. The average Bonchev–Trinajstić information content (AvgIpc) is 3.46. The molecule has 29 heavy (non-hydrogen) atoms. The monoisotopic (exact) mass is 390 g/mol. The summed E-state index contributed by atoms with van der Waals surface area (Å²) in [4.78, 5) is 24.5. The molecule has 3 aromatic heterocycles. The molecule has 0 radical (unpaired) electrons. The minimum absolute atomic E-state index is 0.208. The number of amides is 2. The van der Waals surface area contributed by atoms with Gasteiger partial charge in [0.25, 0.3) is 11.8 Å². The smallest absolute Gasteiger partial charge is 0.291 e. The van der Waals surface area contributed by atoms with Crippen LogP contribution in [0.1, 0.15) is 26.8 Å². The Morgan fingerprint density at radius 2 is 1.69 bits per heavy atom. The number of carbonyl (C=O) groups excluding carboxylic acids is 2. The Hall–Kier alpha value is -4.14. The van der Waals surface area contributed by atoms with Crippen molar-refractivity contribution < 1.29 is 14.0 Å². The minimum Gasteiger partial charge on any atom is -0.454 e. The van der Waals surface area contributed by atoms with Gasteiger partial charge in [-0.05, 0) is 48.5 Å². The zero-order valence-corrected chi connectivity index (χ0v) is 15.6. The van der Waals surface area contributed by atoms with Gasteiger partial charge in [-0.15, -0.1) is 0 Å². The van der Waals surface area contributed by atoms with Gasteiger partial charge in [0.2, 0.25) is 0 Å². The molecule has 2 N–H and O–H groups in total. The molecule has 1 aromatic carbocycles. The minimum atomic E-state index is -0.359. The van der Waals surface area contributed by atoms with Crippen LogP contribution in [0.3, 0.4) is 0 Å². The number of benzene rings is 1. The highest BCUT2D eigenvalue weighted by atomic mass is 16.4. The third kappa shape index (κ3) is 4.41. The molecule has 3 heterocycles. The van der Waals surface area contributed by atoms with E-state index in [1.807, 2.05) is 12.3 Å². The molecule has 0 aliphatic rings. The topological polar surface area (TPSA) is 107 Å². The highest BCUT2D eigenvalue weighted by Crippen LogP contribution is 2.17. The number of hydrogen-bond donors (Lipinski definition) is 2. The van der Waals surface area contributed by atoms with E-state index in [2.05, 4.69) is 20.8 Å². The maximum Gasteiger partial charge on any atom is 0.291 e. The zero-order chi connectivity index (χ0) is 20.2. The van der Waals surface area contributed by atoms with Crippen molar-refractivity contribution in [2.24, 2.45) is 7.05 Å². The van der Waals surface area contributed by atoms with E-state index < -0.39 is 0 Å². The van der Waals surface area contributed by atoms with Crippen molar-refractivity contribution in [3.05, 3.63) is 84.3 Å². The first kappa shape index (κ1) is 18.2. The van der Waals surface area contributed by atoms with E-state index in [1.165, 1.54) is 0 Å². The molecule has 0 saturated carbocycles. The lowest BCUT2D eigenvalue weighted by molar-refractivity contribution is 0.0992. The van der Waals surface area contributed by atoms with E-state index in [9.17, 15) is 9.59 Å². The zero-order valence-electron chi connectivity index (χ0n) is 15.6. The predicted molar refractivity (Wildman–Crippen MR) is 106 cm³/mol.